The van der Waals surface area contributed by atoms with Crippen molar-refractivity contribution in [1.29, 1.82) is 0 Å². The van der Waals surface area contributed by atoms with E-state index in [1.807, 2.05) is 18.7 Å². The fourth-order valence-electron chi connectivity index (χ4n) is 4.05. The highest BCUT2D eigenvalue weighted by molar-refractivity contribution is 7.89. The van der Waals surface area contributed by atoms with E-state index >= 15 is 0 Å². The smallest absolute Gasteiger partial charge is 0.341 e. The molecule has 0 radical (unpaired) electrons. The van der Waals surface area contributed by atoms with Gasteiger partial charge >= 0.3 is 5.97 Å². The molecule has 0 spiro atoms. The Morgan fingerprint density at radius 1 is 1.03 bits per heavy atom. The van der Waals surface area contributed by atoms with E-state index < -0.39 is 28.5 Å². The summed E-state index contributed by atoms with van der Waals surface area (Å²) in [6.45, 7) is 4.54. The molecule has 4 rings (SSSR count). The van der Waals surface area contributed by atoms with Gasteiger partial charge in [0.15, 0.2) is 6.61 Å². The summed E-state index contributed by atoms with van der Waals surface area (Å²) in [6.07, 6.45) is 1.48. The Bertz CT molecular complexity index is 1410. The molecule has 0 unspecified atom stereocenters. The predicted octanol–water partition coefficient (Wildman–Crippen LogP) is 3.10. The van der Waals surface area contributed by atoms with Crippen LogP contribution in [0.5, 0.6) is 11.5 Å². The molecule has 1 aromatic heterocycles. The molecule has 0 atom stereocenters. The van der Waals surface area contributed by atoms with Crippen LogP contribution in [0.2, 0.25) is 0 Å². The summed E-state index contributed by atoms with van der Waals surface area (Å²) in [5.41, 5.74) is 1.20. The number of hydrogen-bond acceptors (Lipinski definition) is 8. The van der Waals surface area contributed by atoms with Crippen molar-refractivity contribution in [2.75, 3.05) is 43.0 Å². The number of nitrogens with one attached hydrogen (secondary N) is 1. The standard InChI is InChI=1S/C27H30N4O7S/c1-19(2)38-21-7-9-22(10-8-21)39(35,36)31-15-13-30(14-16-31)20-6-11-23(25(17-20)37-18-26(32)33)29-27(34)24-5-3-4-12-28-24/h3-12,17,19H,13-16,18H2,1-2H3,(H,29,34)(H,32,33). The Hall–Kier alpha value is -4.16. The van der Waals surface area contributed by atoms with Crippen LogP contribution in [0.15, 0.2) is 71.8 Å². The second-order valence-corrected chi connectivity index (χ2v) is 11.0. The molecule has 0 aliphatic carbocycles. The lowest BCUT2D eigenvalue weighted by Crippen LogP contribution is -2.48. The Balaban J connectivity index is 1.46. The SMILES string of the molecule is CC(C)Oc1ccc(S(=O)(=O)N2CCN(c3ccc(NC(=O)c4ccccn4)c(OCC(=O)O)c3)CC2)cc1. The van der Waals surface area contributed by atoms with Gasteiger partial charge < -0.3 is 24.8 Å². The number of piperazine rings is 1. The highest BCUT2D eigenvalue weighted by atomic mass is 32.2. The number of ether oxygens (including phenoxy) is 2. The fraction of sp³-hybridized carbons (Fsp3) is 0.296. The van der Waals surface area contributed by atoms with Crippen LogP contribution in [-0.2, 0) is 14.8 Å². The molecule has 1 saturated heterocycles. The van der Waals surface area contributed by atoms with E-state index in [4.69, 9.17) is 14.6 Å². The highest BCUT2D eigenvalue weighted by Gasteiger charge is 2.29. The molecule has 3 aromatic rings. The number of sulfonamides is 1. The van der Waals surface area contributed by atoms with Crippen molar-refractivity contribution in [3.63, 3.8) is 0 Å². The summed E-state index contributed by atoms with van der Waals surface area (Å²) >= 11 is 0. The second kappa shape index (κ2) is 12.1. The molecule has 1 amide bonds. The quantitative estimate of drug-likeness (QED) is 0.387. The number of amides is 1. The van der Waals surface area contributed by atoms with Crippen LogP contribution < -0.4 is 19.7 Å². The third-order valence-electron chi connectivity index (χ3n) is 5.90. The Morgan fingerprint density at radius 3 is 2.36 bits per heavy atom. The summed E-state index contributed by atoms with van der Waals surface area (Å²) in [6, 6.07) is 16.3. The lowest BCUT2D eigenvalue weighted by molar-refractivity contribution is -0.139. The number of rotatable bonds is 10. The van der Waals surface area contributed by atoms with Gasteiger partial charge in [0.25, 0.3) is 5.91 Å². The number of hydrogen-bond donors (Lipinski definition) is 2. The van der Waals surface area contributed by atoms with E-state index in [-0.39, 0.29) is 35.5 Å². The molecular formula is C27H30N4O7S. The fourth-order valence-corrected chi connectivity index (χ4v) is 5.47. The number of carboxylic acid groups (broad SMARTS) is 1. The van der Waals surface area contributed by atoms with Crippen molar-refractivity contribution in [1.82, 2.24) is 9.29 Å². The van der Waals surface area contributed by atoms with Gasteiger partial charge in [0, 0.05) is 44.1 Å². The van der Waals surface area contributed by atoms with Crippen molar-refractivity contribution in [2.45, 2.75) is 24.8 Å². The maximum Gasteiger partial charge on any atom is 0.341 e. The lowest BCUT2D eigenvalue weighted by atomic mass is 10.2. The van der Waals surface area contributed by atoms with Gasteiger partial charge in [-0.1, -0.05) is 6.07 Å². The molecule has 0 saturated carbocycles. The minimum absolute atomic E-state index is 0.0122. The van der Waals surface area contributed by atoms with Crippen molar-refractivity contribution in [3.05, 3.63) is 72.6 Å². The summed E-state index contributed by atoms with van der Waals surface area (Å²) in [5, 5.41) is 11.8. The minimum Gasteiger partial charge on any atom is -0.491 e. The second-order valence-electron chi connectivity index (χ2n) is 9.06. The molecule has 206 valence electrons. The monoisotopic (exact) mass is 554 g/mol. The molecule has 1 aliphatic heterocycles. The van der Waals surface area contributed by atoms with Crippen LogP contribution in [-0.4, -0.2) is 73.6 Å². The normalized spacial score (nSPS) is 14.2. The van der Waals surface area contributed by atoms with Gasteiger partial charge in [0.1, 0.15) is 17.2 Å². The van der Waals surface area contributed by atoms with Crippen molar-refractivity contribution in [2.24, 2.45) is 0 Å². The van der Waals surface area contributed by atoms with Crippen LogP contribution in [0.4, 0.5) is 11.4 Å². The number of aromatic nitrogens is 1. The molecular weight excluding hydrogens is 524 g/mol. The van der Waals surface area contributed by atoms with Gasteiger partial charge in [-0.3, -0.25) is 9.78 Å². The van der Waals surface area contributed by atoms with E-state index in [1.54, 1.807) is 60.7 Å². The minimum atomic E-state index is -3.68. The van der Waals surface area contributed by atoms with Crippen LogP contribution in [0, 0.1) is 0 Å². The first-order chi connectivity index (χ1) is 18.6. The summed E-state index contributed by atoms with van der Waals surface area (Å²) in [4.78, 5) is 29.9. The average Bonchev–Trinajstić information content (AvgIpc) is 2.93. The van der Waals surface area contributed by atoms with Gasteiger partial charge in [0.05, 0.1) is 16.7 Å². The van der Waals surface area contributed by atoms with Crippen molar-refractivity contribution in [3.8, 4) is 11.5 Å². The number of anilines is 2. The summed E-state index contributed by atoms with van der Waals surface area (Å²) < 4.78 is 38.8. The van der Waals surface area contributed by atoms with E-state index in [0.717, 1.165) is 0 Å². The third-order valence-corrected chi connectivity index (χ3v) is 7.81. The van der Waals surface area contributed by atoms with Gasteiger partial charge in [-0.05, 0) is 62.4 Å². The predicted molar refractivity (Wildman–Crippen MR) is 145 cm³/mol. The number of benzene rings is 2. The zero-order chi connectivity index (χ0) is 28.0. The Morgan fingerprint density at radius 2 is 1.74 bits per heavy atom. The maximum absolute atomic E-state index is 13.2. The molecule has 11 nitrogen and oxygen atoms in total. The van der Waals surface area contributed by atoms with Gasteiger partial charge in [-0.15, -0.1) is 0 Å². The molecule has 39 heavy (non-hydrogen) atoms. The highest BCUT2D eigenvalue weighted by Crippen LogP contribution is 2.32. The van der Waals surface area contributed by atoms with Crippen LogP contribution >= 0.6 is 0 Å². The van der Waals surface area contributed by atoms with E-state index in [9.17, 15) is 18.0 Å². The first-order valence-corrected chi connectivity index (χ1v) is 13.8. The summed E-state index contributed by atoms with van der Waals surface area (Å²) in [7, 11) is -3.68. The van der Waals surface area contributed by atoms with E-state index in [0.29, 0.717) is 30.2 Å². The third kappa shape index (κ3) is 7.03. The lowest BCUT2D eigenvalue weighted by Gasteiger charge is -2.35. The van der Waals surface area contributed by atoms with Crippen molar-refractivity contribution >= 4 is 33.3 Å². The first-order valence-electron chi connectivity index (χ1n) is 12.4. The molecule has 2 aromatic carbocycles. The molecule has 12 heteroatoms. The maximum atomic E-state index is 13.2. The van der Waals surface area contributed by atoms with Gasteiger partial charge in [0.2, 0.25) is 10.0 Å². The van der Waals surface area contributed by atoms with Crippen LogP contribution in [0.3, 0.4) is 0 Å². The zero-order valence-corrected chi connectivity index (χ0v) is 22.4. The number of pyridine rings is 1. The zero-order valence-electron chi connectivity index (χ0n) is 21.6. The molecule has 2 heterocycles. The largest absolute Gasteiger partial charge is 0.491 e. The number of carbonyl (C=O) groups excluding carboxylic acids is 1. The molecule has 1 fully saturated rings. The first kappa shape index (κ1) is 27.9. The van der Waals surface area contributed by atoms with E-state index in [1.165, 1.54) is 10.5 Å². The number of nitrogens with zero attached hydrogens (tertiary/aromatic N) is 3. The summed E-state index contributed by atoms with van der Waals surface area (Å²) in [5.74, 6) is -0.844. The Labute approximate surface area is 227 Å². The van der Waals surface area contributed by atoms with Gasteiger partial charge in [-0.2, -0.15) is 4.31 Å². The topological polar surface area (TPSA) is 138 Å². The molecule has 1 aliphatic rings. The van der Waals surface area contributed by atoms with Crippen molar-refractivity contribution < 1.29 is 32.6 Å². The Kier molecular flexibility index (Phi) is 8.67. The van der Waals surface area contributed by atoms with Gasteiger partial charge in [-0.25, -0.2) is 13.2 Å². The number of carbonyl (C=O) groups is 2. The molecule has 2 N–H and O–H groups in total. The van der Waals surface area contributed by atoms with Crippen LogP contribution in [0.25, 0.3) is 0 Å². The average molecular weight is 555 g/mol. The molecule has 0 bridgehead atoms. The number of aliphatic carboxylic acids is 1. The van der Waals surface area contributed by atoms with Crippen LogP contribution in [0.1, 0.15) is 24.3 Å². The van der Waals surface area contributed by atoms with E-state index in [2.05, 4.69) is 10.3 Å². The number of carboxylic acids is 1.